The maximum Gasteiger partial charge on any atom is 0.225 e. The molecule has 0 fully saturated rings. The van der Waals surface area contributed by atoms with Gasteiger partial charge in [0.25, 0.3) is 0 Å². The van der Waals surface area contributed by atoms with Gasteiger partial charge in [-0.25, -0.2) is 9.07 Å². The molecule has 5 nitrogen and oxygen atoms in total. The number of rotatable bonds is 7. The highest BCUT2D eigenvalue weighted by Gasteiger charge is 2.30. The van der Waals surface area contributed by atoms with E-state index in [1.807, 2.05) is 76.2 Å². The van der Waals surface area contributed by atoms with E-state index in [1.54, 1.807) is 23.0 Å². The van der Waals surface area contributed by atoms with Crippen LogP contribution in [0, 0.1) is 11.2 Å². The van der Waals surface area contributed by atoms with Crippen LogP contribution in [-0.4, -0.2) is 21.7 Å². The smallest absolute Gasteiger partial charge is 0.225 e. The summed E-state index contributed by atoms with van der Waals surface area (Å²) in [6.45, 7) is 7.75. The molecular weight excluding hydrogens is 429 g/mol. The summed E-state index contributed by atoms with van der Waals surface area (Å²) in [5, 5.41) is 8.56. The lowest BCUT2D eigenvalue weighted by Gasteiger charge is -2.31. The first-order valence-corrected chi connectivity index (χ1v) is 11.5. The summed E-state index contributed by atoms with van der Waals surface area (Å²) in [5.41, 5.74) is 2.17. The minimum Gasteiger partial charge on any atom is -0.484 e. The van der Waals surface area contributed by atoms with E-state index in [2.05, 4.69) is 10.4 Å². The third-order valence-corrected chi connectivity index (χ3v) is 5.80. The molecule has 0 aliphatic heterocycles. The van der Waals surface area contributed by atoms with E-state index < -0.39 is 5.41 Å². The number of benzene rings is 3. The van der Waals surface area contributed by atoms with Crippen LogP contribution < -0.4 is 10.1 Å². The standard InChI is InChI=1S/C28H30FN3O2/c1-5-24(31-27(33)28(2,3)4)26(19-9-7-6-8-10-19)34-23-15-16-25-20(17-23)18-30-32(25)22-13-11-21(29)12-14-22/h6-18,24,26H,5H2,1-4H3,(H,31,33). The molecule has 1 aromatic heterocycles. The lowest BCUT2D eigenvalue weighted by atomic mass is 9.93. The Morgan fingerprint density at radius 2 is 1.76 bits per heavy atom. The zero-order valence-electron chi connectivity index (χ0n) is 20.0. The largest absolute Gasteiger partial charge is 0.484 e. The van der Waals surface area contributed by atoms with E-state index in [-0.39, 0.29) is 23.9 Å². The van der Waals surface area contributed by atoms with E-state index in [1.165, 1.54) is 12.1 Å². The minimum atomic E-state index is -0.498. The summed E-state index contributed by atoms with van der Waals surface area (Å²) in [6.07, 6.45) is 2.12. The fourth-order valence-corrected chi connectivity index (χ4v) is 3.82. The molecule has 0 radical (unpaired) electrons. The number of hydrogen-bond donors (Lipinski definition) is 1. The molecule has 0 bridgehead atoms. The molecule has 3 aromatic carbocycles. The minimum absolute atomic E-state index is 0.0140. The van der Waals surface area contributed by atoms with Crippen molar-refractivity contribution in [3.63, 3.8) is 0 Å². The van der Waals surface area contributed by atoms with Crippen molar-refractivity contribution in [1.29, 1.82) is 0 Å². The van der Waals surface area contributed by atoms with Crippen molar-refractivity contribution in [3.05, 3.63) is 90.4 Å². The summed E-state index contributed by atoms with van der Waals surface area (Å²) in [5.74, 6) is 0.384. The number of nitrogens with one attached hydrogen (secondary N) is 1. The molecule has 2 unspecified atom stereocenters. The highest BCUT2D eigenvalue weighted by atomic mass is 19.1. The number of carbonyl (C=O) groups is 1. The summed E-state index contributed by atoms with van der Waals surface area (Å²) in [4.78, 5) is 12.8. The molecule has 0 saturated heterocycles. The third kappa shape index (κ3) is 5.11. The first-order chi connectivity index (χ1) is 16.3. The zero-order valence-corrected chi connectivity index (χ0v) is 20.0. The van der Waals surface area contributed by atoms with Crippen LogP contribution in [0.25, 0.3) is 16.6 Å². The van der Waals surface area contributed by atoms with Crippen molar-refractivity contribution in [2.24, 2.45) is 5.41 Å². The Labute approximate surface area is 199 Å². The fourth-order valence-electron chi connectivity index (χ4n) is 3.82. The van der Waals surface area contributed by atoms with Gasteiger partial charge in [0, 0.05) is 10.8 Å². The molecule has 1 N–H and O–H groups in total. The summed E-state index contributed by atoms with van der Waals surface area (Å²) < 4.78 is 21.6. The third-order valence-electron chi connectivity index (χ3n) is 5.80. The van der Waals surface area contributed by atoms with Crippen LogP contribution in [0.3, 0.4) is 0 Å². The molecule has 0 aliphatic rings. The van der Waals surface area contributed by atoms with Gasteiger partial charge < -0.3 is 10.1 Å². The van der Waals surface area contributed by atoms with Gasteiger partial charge in [0.1, 0.15) is 17.7 Å². The SMILES string of the molecule is CCC(NC(=O)C(C)(C)C)C(Oc1ccc2c(cnn2-c2ccc(F)cc2)c1)c1ccccc1. The lowest BCUT2D eigenvalue weighted by Crippen LogP contribution is -2.45. The van der Waals surface area contributed by atoms with Gasteiger partial charge in [-0.2, -0.15) is 5.10 Å². The topological polar surface area (TPSA) is 56.1 Å². The molecule has 6 heteroatoms. The molecule has 4 rings (SSSR count). The van der Waals surface area contributed by atoms with Crippen LogP contribution >= 0.6 is 0 Å². The van der Waals surface area contributed by atoms with E-state index in [0.29, 0.717) is 12.2 Å². The average molecular weight is 460 g/mol. The maximum absolute atomic E-state index is 13.3. The summed E-state index contributed by atoms with van der Waals surface area (Å²) in [6, 6.07) is 21.7. The van der Waals surface area contributed by atoms with Crippen LogP contribution in [0.2, 0.25) is 0 Å². The Bertz CT molecular complexity index is 1260. The monoisotopic (exact) mass is 459 g/mol. The molecule has 0 spiro atoms. The second-order valence-corrected chi connectivity index (χ2v) is 9.44. The van der Waals surface area contributed by atoms with Gasteiger partial charge in [-0.3, -0.25) is 4.79 Å². The Morgan fingerprint density at radius 1 is 1.06 bits per heavy atom. The van der Waals surface area contributed by atoms with Crippen molar-refractivity contribution in [2.45, 2.75) is 46.3 Å². The zero-order chi connectivity index (χ0) is 24.3. The van der Waals surface area contributed by atoms with Gasteiger partial charge in [0.2, 0.25) is 5.91 Å². The van der Waals surface area contributed by atoms with Crippen LogP contribution in [-0.2, 0) is 4.79 Å². The molecule has 34 heavy (non-hydrogen) atoms. The second kappa shape index (κ2) is 9.67. The highest BCUT2D eigenvalue weighted by Crippen LogP contribution is 2.30. The Morgan fingerprint density at radius 3 is 2.41 bits per heavy atom. The maximum atomic E-state index is 13.3. The quantitative estimate of drug-likeness (QED) is 0.357. The summed E-state index contributed by atoms with van der Waals surface area (Å²) in [7, 11) is 0. The molecule has 4 aromatic rings. The molecule has 2 atom stereocenters. The van der Waals surface area contributed by atoms with Crippen LogP contribution in [0.5, 0.6) is 5.75 Å². The Hall–Kier alpha value is -3.67. The highest BCUT2D eigenvalue weighted by molar-refractivity contribution is 5.82. The van der Waals surface area contributed by atoms with Gasteiger partial charge in [-0.15, -0.1) is 0 Å². The van der Waals surface area contributed by atoms with Crippen molar-refractivity contribution >= 4 is 16.8 Å². The van der Waals surface area contributed by atoms with Crippen LogP contribution in [0.15, 0.2) is 79.0 Å². The van der Waals surface area contributed by atoms with Gasteiger partial charge in [-0.05, 0) is 54.4 Å². The van der Waals surface area contributed by atoms with Gasteiger partial charge in [0.05, 0.1) is 23.4 Å². The van der Waals surface area contributed by atoms with Crippen molar-refractivity contribution < 1.29 is 13.9 Å². The Balaban J connectivity index is 1.65. The van der Waals surface area contributed by atoms with Crippen LogP contribution in [0.1, 0.15) is 45.8 Å². The first kappa shape index (κ1) is 23.5. The molecular formula is C28H30FN3O2. The molecule has 0 saturated carbocycles. The van der Waals surface area contributed by atoms with Gasteiger partial charge in [0.15, 0.2) is 0 Å². The number of aromatic nitrogens is 2. The van der Waals surface area contributed by atoms with E-state index in [4.69, 9.17) is 4.74 Å². The number of ether oxygens (including phenoxy) is 1. The number of hydrogen-bond acceptors (Lipinski definition) is 3. The van der Waals surface area contributed by atoms with Crippen molar-refractivity contribution in [2.75, 3.05) is 0 Å². The normalized spacial score (nSPS) is 13.4. The second-order valence-electron chi connectivity index (χ2n) is 9.44. The van der Waals surface area contributed by atoms with Gasteiger partial charge in [-0.1, -0.05) is 58.0 Å². The lowest BCUT2D eigenvalue weighted by molar-refractivity contribution is -0.130. The van der Waals surface area contributed by atoms with E-state index in [0.717, 1.165) is 22.2 Å². The average Bonchev–Trinajstić information content (AvgIpc) is 3.25. The number of carbonyl (C=O) groups excluding carboxylic acids is 1. The van der Waals surface area contributed by atoms with E-state index >= 15 is 0 Å². The number of amides is 1. The number of fused-ring (bicyclic) bond motifs is 1. The number of halogens is 1. The van der Waals surface area contributed by atoms with E-state index in [9.17, 15) is 9.18 Å². The van der Waals surface area contributed by atoms with Gasteiger partial charge >= 0.3 is 0 Å². The molecule has 0 aliphatic carbocycles. The van der Waals surface area contributed by atoms with Crippen molar-refractivity contribution in [1.82, 2.24) is 15.1 Å². The molecule has 1 heterocycles. The Kier molecular flexibility index (Phi) is 6.68. The number of nitrogens with zero attached hydrogens (tertiary/aromatic N) is 2. The predicted octanol–water partition coefficient (Wildman–Crippen LogP) is 6.23. The summed E-state index contributed by atoms with van der Waals surface area (Å²) >= 11 is 0. The fraction of sp³-hybridized carbons (Fsp3) is 0.286. The van der Waals surface area contributed by atoms with Crippen LogP contribution in [0.4, 0.5) is 4.39 Å². The molecule has 176 valence electrons. The van der Waals surface area contributed by atoms with Crippen molar-refractivity contribution in [3.8, 4) is 11.4 Å². The first-order valence-electron chi connectivity index (χ1n) is 11.5. The predicted molar refractivity (Wildman–Crippen MR) is 133 cm³/mol. The molecule has 1 amide bonds.